The van der Waals surface area contributed by atoms with Gasteiger partial charge in [0.05, 0.1) is 5.52 Å². The number of rotatable bonds is 6. The molecular weight excluding hydrogens is 402 g/mol. The van der Waals surface area contributed by atoms with E-state index < -0.39 is 17.6 Å². The zero-order valence-electron chi connectivity index (χ0n) is 17.1. The van der Waals surface area contributed by atoms with E-state index in [1.807, 2.05) is 0 Å². The summed E-state index contributed by atoms with van der Waals surface area (Å²) in [6.45, 7) is 4.07. The van der Waals surface area contributed by atoms with Gasteiger partial charge in [0, 0.05) is 29.1 Å². The predicted octanol–water partition coefficient (Wildman–Crippen LogP) is 4.25. The molecule has 1 atom stereocenters. The second-order valence-corrected chi connectivity index (χ2v) is 7.84. The number of hydrogen-bond acceptors (Lipinski definition) is 6. The van der Waals surface area contributed by atoms with Crippen LogP contribution in [0.25, 0.3) is 16.6 Å². The molecule has 9 heteroatoms. The molecule has 0 spiro atoms. The summed E-state index contributed by atoms with van der Waals surface area (Å²) in [6.07, 6.45) is 3.86. The molecule has 0 radical (unpaired) electrons. The molecular formula is C22H20F2N6O. The Morgan fingerprint density at radius 2 is 2.10 bits per heavy atom. The van der Waals surface area contributed by atoms with Gasteiger partial charge in [-0.3, -0.25) is 4.98 Å². The number of benzene rings is 1. The number of pyridine rings is 1. The molecule has 4 aromatic rings. The van der Waals surface area contributed by atoms with Crippen LogP contribution in [0.15, 0.2) is 41.7 Å². The number of aromatic nitrogens is 5. The molecule has 3 aromatic heterocycles. The average Bonchev–Trinajstić information content (AvgIpc) is 3.49. The lowest BCUT2D eigenvalue weighted by Crippen LogP contribution is -2.11. The van der Waals surface area contributed by atoms with Crippen LogP contribution in [0.4, 0.5) is 8.78 Å². The number of fused-ring (bicyclic) bond motifs is 2. The number of halogens is 2. The monoisotopic (exact) mass is 422 g/mol. The van der Waals surface area contributed by atoms with E-state index in [0.717, 1.165) is 0 Å². The second-order valence-electron chi connectivity index (χ2n) is 7.84. The highest BCUT2D eigenvalue weighted by atomic mass is 19.1. The van der Waals surface area contributed by atoms with E-state index in [1.165, 1.54) is 29.6 Å². The first-order valence-corrected chi connectivity index (χ1v) is 10.1. The maximum atomic E-state index is 15.2. The number of nitrogens with zero attached hydrogens (tertiary/aromatic N) is 6. The summed E-state index contributed by atoms with van der Waals surface area (Å²) < 4.78 is 31.5. The van der Waals surface area contributed by atoms with E-state index in [-0.39, 0.29) is 16.5 Å². The average molecular weight is 422 g/mol. The van der Waals surface area contributed by atoms with Gasteiger partial charge in [-0.25, -0.2) is 8.78 Å². The first-order valence-electron chi connectivity index (χ1n) is 10.1. The Morgan fingerprint density at radius 1 is 1.26 bits per heavy atom. The molecule has 0 N–H and O–H groups in total. The Kier molecular flexibility index (Phi) is 4.80. The van der Waals surface area contributed by atoms with E-state index in [2.05, 4.69) is 25.4 Å². The third kappa shape index (κ3) is 3.60. The highest BCUT2D eigenvalue weighted by Gasteiger charge is 2.25. The minimum absolute atomic E-state index is 0.0971. The van der Waals surface area contributed by atoms with Crippen molar-refractivity contribution in [2.24, 2.45) is 11.1 Å². The standard InChI is InChI=1S/C22H20F2N6O/c1-12(20-16(23)10-18-15(21(20)24)4-3-9-25-18)22-27-26-19-8-7-17(28-30(19)22)13(2)29-31-11-14-5-6-14/h3-4,7-10,12,14H,5-6,11H2,1-2H3/t12-/m0/s1. The van der Waals surface area contributed by atoms with Crippen LogP contribution in [0, 0.1) is 17.6 Å². The quantitative estimate of drug-likeness (QED) is 0.343. The van der Waals surface area contributed by atoms with Crippen LogP contribution in [-0.2, 0) is 4.84 Å². The zero-order valence-corrected chi connectivity index (χ0v) is 17.1. The molecule has 158 valence electrons. The fraction of sp³-hybridized carbons (Fsp3) is 0.318. The van der Waals surface area contributed by atoms with Crippen molar-refractivity contribution in [3.05, 3.63) is 65.2 Å². The summed E-state index contributed by atoms with van der Waals surface area (Å²) in [6, 6.07) is 7.93. The summed E-state index contributed by atoms with van der Waals surface area (Å²) in [5.41, 5.74) is 1.81. The van der Waals surface area contributed by atoms with Crippen LogP contribution in [0.3, 0.4) is 0 Å². The van der Waals surface area contributed by atoms with Crippen molar-refractivity contribution in [3.8, 4) is 0 Å². The van der Waals surface area contributed by atoms with Crippen molar-refractivity contribution in [2.75, 3.05) is 6.61 Å². The van der Waals surface area contributed by atoms with Gasteiger partial charge >= 0.3 is 0 Å². The second kappa shape index (κ2) is 7.64. The summed E-state index contributed by atoms with van der Waals surface area (Å²) in [5.74, 6) is -1.15. The summed E-state index contributed by atoms with van der Waals surface area (Å²) in [7, 11) is 0. The van der Waals surface area contributed by atoms with E-state index in [9.17, 15) is 4.39 Å². The first kappa shape index (κ1) is 19.5. The zero-order chi connectivity index (χ0) is 21.5. The Morgan fingerprint density at radius 3 is 2.90 bits per heavy atom. The van der Waals surface area contributed by atoms with Gasteiger partial charge in [0.2, 0.25) is 0 Å². The maximum Gasteiger partial charge on any atom is 0.177 e. The van der Waals surface area contributed by atoms with E-state index in [1.54, 1.807) is 38.1 Å². The van der Waals surface area contributed by atoms with E-state index in [0.29, 0.717) is 35.4 Å². The fourth-order valence-electron chi connectivity index (χ4n) is 3.53. The molecule has 3 heterocycles. The Labute approximate surface area is 176 Å². The largest absolute Gasteiger partial charge is 0.395 e. The summed E-state index contributed by atoms with van der Waals surface area (Å²) >= 11 is 0. The van der Waals surface area contributed by atoms with Crippen LogP contribution >= 0.6 is 0 Å². The van der Waals surface area contributed by atoms with Crippen molar-refractivity contribution in [2.45, 2.75) is 32.6 Å². The lowest BCUT2D eigenvalue weighted by atomic mass is 9.97. The van der Waals surface area contributed by atoms with E-state index >= 15 is 4.39 Å². The molecule has 0 saturated heterocycles. The van der Waals surface area contributed by atoms with Crippen LogP contribution in [0.5, 0.6) is 0 Å². The summed E-state index contributed by atoms with van der Waals surface area (Å²) in [5, 5.41) is 17.2. The van der Waals surface area contributed by atoms with Crippen molar-refractivity contribution in [1.29, 1.82) is 0 Å². The molecule has 0 aliphatic heterocycles. The van der Waals surface area contributed by atoms with E-state index in [4.69, 9.17) is 4.84 Å². The Bertz CT molecular complexity index is 1310. The minimum Gasteiger partial charge on any atom is -0.395 e. The van der Waals surface area contributed by atoms with Gasteiger partial charge in [0.25, 0.3) is 0 Å². The van der Waals surface area contributed by atoms with Gasteiger partial charge in [0.1, 0.15) is 29.6 Å². The molecule has 0 bridgehead atoms. The topological polar surface area (TPSA) is 77.6 Å². The lowest BCUT2D eigenvalue weighted by Gasteiger charge is -2.14. The SMILES string of the molecule is CC(=NOCC1CC1)c1ccc2nnc([C@@H](C)c3c(F)cc4ncccc4c3F)n2n1. The van der Waals surface area contributed by atoms with Gasteiger partial charge in [-0.1, -0.05) is 12.1 Å². The third-order valence-corrected chi connectivity index (χ3v) is 5.52. The Hall–Kier alpha value is -3.49. The van der Waals surface area contributed by atoms with Crippen molar-refractivity contribution >= 4 is 22.3 Å². The lowest BCUT2D eigenvalue weighted by molar-refractivity contribution is 0.134. The van der Waals surface area contributed by atoms with Crippen molar-refractivity contribution in [1.82, 2.24) is 24.8 Å². The predicted molar refractivity (Wildman–Crippen MR) is 111 cm³/mol. The molecule has 7 nitrogen and oxygen atoms in total. The van der Waals surface area contributed by atoms with Gasteiger partial charge < -0.3 is 4.84 Å². The fourth-order valence-corrected chi connectivity index (χ4v) is 3.53. The highest BCUT2D eigenvalue weighted by molar-refractivity contribution is 5.96. The molecule has 1 fully saturated rings. The first-order chi connectivity index (χ1) is 15.0. The maximum absolute atomic E-state index is 15.2. The van der Waals surface area contributed by atoms with Gasteiger partial charge in [-0.2, -0.15) is 9.61 Å². The number of oxime groups is 1. The van der Waals surface area contributed by atoms with Gasteiger partial charge in [-0.15, -0.1) is 10.2 Å². The van der Waals surface area contributed by atoms with Crippen molar-refractivity contribution < 1.29 is 13.6 Å². The van der Waals surface area contributed by atoms with Gasteiger partial charge in [-0.05, 0) is 49.9 Å². The normalized spacial score (nSPS) is 15.5. The molecule has 1 aliphatic rings. The smallest absolute Gasteiger partial charge is 0.177 e. The molecule has 31 heavy (non-hydrogen) atoms. The third-order valence-electron chi connectivity index (χ3n) is 5.52. The van der Waals surface area contributed by atoms with Crippen LogP contribution < -0.4 is 0 Å². The Balaban J connectivity index is 1.53. The highest BCUT2D eigenvalue weighted by Crippen LogP contribution is 2.32. The molecule has 0 amide bonds. The number of hydrogen-bond donors (Lipinski definition) is 0. The molecule has 1 saturated carbocycles. The van der Waals surface area contributed by atoms with Crippen LogP contribution in [0.2, 0.25) is 0 Å². The van der Waals surface area contributed by atoms with Crippen molar-refractivity contribution in [3.63, 3.8) is 0 Å². The molecule has 1 aromatic carbocycles. The molecule has 5 rings (SSSR count). The molecule has 0 unspecified atom stereocenters. The van der Waals surface area contributed by atoms with Crippen LogP contribution in [-0.4, -0.2) is 37.1 Å². The van der Waals surface area contributed by atoms with Crippen LogP contribution in [0.1, 0.15) is 49.7 Å². The van der Waals surface area contributed by atoms with Gasteiger partial charge in [0.15, 0.2) is 11.5 Å². The summed E-state index contributed by atoms with van der Waals surface area (Å²) in [4.78, 5) is 9.42. The molecule has 1 aliphatic carbocycles. The minimum atomic E-state index is -0.731.